The Morgan fingerprint density at radius 3 is 2.38 bits per heavy atom. The molecule has 0 aliphatic carbocycles. The molecule has 2 heterocycles. The molecule has 0 radical (unpaired) electrons. The van der Waals surface area contributed by atoms with Gasteiger partial charge in [0, 0.05) is 17.1 Å². The molecule has 6 nitrogen and oxygen atoms in total. The Labute approximate surface area is 191 Å². The van der Waals surface area contributed by atoms with Gasteiger partial charge >= 0.3 is 6.18 Å². The second-order valence-electron chi connectivity index (χ2n) is 7.57. The van der Waals surface area contributed by atoms with E-state index in [2.05, 4.69) is 10.1 Å². The van der Waals surface area contributed by atoms with Crippen molar-refractivity contribution in [1.82, 2.24) is 14.8 Å². The number of nitrogens with zero attached hydrogens (tertiary/aromatic N) is 3. The van der Waals surface area contributed by atoms with Gasteiger partial charge < -0.3 is 0 Å². The highest BCUT2D eigenvalue weighted by atomic mass is 32.2. The predicted molar refractivity (Wildman–Crippen MR) is 118 cm³/mol. The number of hydrogen-bond donors (Lipinski definition) is 0. The number of halogens is 4. The van der Waals surface area contributed by atoms with Crippen molar-refractivity contribution in [2.45, 2.75) is 24.9 Å². The van der Waals surface area contributed by atoms with Gasteiger partial charge in [-0.2, -0.15) is 23.0 Å². The van der Waals surface area contributed by atoms with Crippen molar-refractivity contribution in [3.8, 4) is 16.9 Å². The summed E-state index contributed by atoms with van der Waals surface area (Å²) in [7, 11) is -3.91. The minimum absolute atomic E-state index is 0.0469. The lowest BCUT2D eigenvalue weighted by Gasteiger charge is -2.13. The minimum atomic E-state index is -4.60. The number of aromatic nitrogens is 3. The van der Waals surface area contributed by atoms with Crippen LogP contribution in [-0.4, -0.2) is 28.9 Å². The molecule has 0 aliphatic rings. The number of alkyl halides is 3. The zero-order valence-electron chi connectivity index (χ0n) is 17.9. The normalized spacial score (nSPS) is 12.3. The maximum absolute atomic E-state index is 13.7. The number of benzene rings is 2. The monoisotopic (exact) mass is 491 g/mol. The first-order valence-electron chi connectivity index (χ1n) is 10.0. The Balaban J connectivity index is 1.94. The van der Waals surface area contributed by atoms with E-state index in [9.17, 15) is 30.8 Å². The van der Waals surface area contributed by atoms with Crippen LogP contribution in [0.2, 0.25) is 0 Å². The van der Waals surface area contributed by atoms with E-state index < -0.39 is 33.0 Å². The molecule has 0 spiro atoms. The van der Waals surface area contributed by atoms with Gasteiger partial charge in [-0.3, -0.25) is 4.79 Å². The Bertz CT molecular complexity index is 1600. The Kier molecular flexibility index (Phi) is 5.76. The van der Waals surface area contributed by atoms with Gasteiger partial charge in [0.1, 0.15) is 10.7 Å². The fourth-order valence-corrected chi connectivity index (χ4v) is 4.48. The molecule has 11 heteroatoms. The molecule has 0 saturated carbocycles. The van der Waals surface area contributed by atoms with Crippen LogP contribution in [0, 0.1) is 12.7 Å². The standard InChI is InChI=1S/C23H17F4N3O3S/c1-3-34(32,33)20-10-15(14-4-7-19(24)13(2)8-14)11-28-21(20)30-22(31)18-6-5-17(23(25,26)27)9-16(18)12-29-30/h4-12H,3H2,1-2H3. The predicted octanol–water partition coefficient (Wildman–Crippen LogP) is 4.71. The quantitative estimate of drug-likeness (QED) is 0.387. The summed E-state index contributed by atoms with van der Waals surface area (Å²) in [6.07, 6.45) is -2.23. The van der Waals surface area contributed by atoms with Crippen LogP contribution in [0.3, 0.4) is 0 Å². The zero-order chi connectivity index (χ0) is 24.8. The topological polar surface area (TPSA) is 81.9 Å². The van der Waals surface area contributed by atoms with Gasteiger partial charge in [0.25, 0.3) is 5.56 Å². The van der Waals surface area contributed by atoms with Crippen LogP contribution in [0.25, 0.3) is 27.7 Å². The summed E-state index contributed by atoms with van der Waals surface area (Å²) < 4.78 is 79.2. The molecule has 0 unspecified atom stereocenters. The second kappa shape index (κ2) is 8.32. The summed E-state index contributed by atoms with van der Waals surface area (Å²) in [5.41, 5.74) is -0.513. The molecular formula is C23H17F4N3O3S. The van der Waals surface area contributed by atoms with Gasteiger partial charge in [-0.1, -0.05) is 13.0 Å². The summed E-state index contributed by atoms with van der Waals surface area (Å²) in [4.78, 5) is 16.9. The third kappa shape index (κ3) is 4.18. The molecule has 0 amide bonds. The Morgan fingerprint density at radius 2 is 1.74 bits per heavy atom. The van der Waals surface area contributed by atoms with Crippen LogP contribution in [0.1, 0.15) is 18.1 Å². The first kappa shape index (κ1) is 23.6. The maximum Gasteiger partial charge on any atom is 0.416 e. The van der Waals surface area contributed by atoms with Crippen molar-refractivity contribution >= 4 is 20.6 Å². The number of fused-ring (bicyclic) bond motifs is 1. The Hall–Kier alpha value is -3.60. The summed E-state index contributed by atoms with van der Waals surface area (Å²) in [6.45, 7) is 2.98. The van der Waals surface area contributed by atoms with E-state index in [0.29, 0.717) is 16.7 Å². The fourth-order valence-electron chi connectivity index (χ4n) is 3.44. The molecule has 176 valence electrons. The molecular weight excluding hydrogens is 474 g/mol. The fraction of sp³-hybridized carbons (Fsp3) is 0.174. The van der Waals surface area contributed by atoms with E-state index in [1.165, 1.54) is 37.4 Å². The number of aryl methyl sites for hydroxylation is 1. The van der Waals surface area contributed by atoms with Crippen LogP contribution in [-0.2, 0) is 16.0 Å². The van der Waals surface area contributed by atoms with Crippen molar-refractivity contribution in [2.24, 2.45) is 0 Å². The summed E-state index contributed by atoms with van der Waals surface area (Å²) in [6, 6.07) is 8.15. The van der Waals surface area contributed by atoms with Crippen LogP contribution in [0.4, 0.5) is 17.6 Å². The van der Waals surface area contributed by atoms with Gasteiger partial charge in [0.2, 0.25) is 0 Å². The average Bonchev–Trinajstić information content (AvgIpc) is 2.80. The van der Waals surface area contributed by atoms with E-state index in [1.807, 2.05) is 0 Å². The third-order valence-corrected chi connectivity index (χ3v) is 7.08. The smallest absolute Gasteiger partial charge is 0.267 e. The van der Waals surface area contributed by atoms with Crippen molar-refractivity contribution < 1.29 is 26.0 Å². The molecule has 2 aromatic carbocycles. The molecule has 34 heavy (non-hydrogen) atoms. The number of hydrogen-bond acceptors (Lipinski definition) is 5. The van der Waals surface area contributed by atoms with Crippen molar-refractivity contribution in [1.29, 1.82) is 0 Å². The maximum atomic E-state index is 13.7. The summed E-state index contributed by atoms with van der Waals surface area (Å²) >= 11 is 0. The van der Waals surface area contributed by atoms with Crippen molar-refractivity contribution in [3.63, 3.8) is 0 Å². The molecule has 2 aromatic heterocycles. The third-order valence-electron chi connectivity index (χ3n) is 5.35. The number of rotatable bonds is 4. The number of sulfone groups is 1. The van der Waals surface area contributed by atoms with Gasteiger partial charge in [0.05, 0.1) is 22.9 Å². The van der Waals surface area contributed by atoms with E-state index in [0.717, 1.165) is 29.1 Å². The molecule has 0 aliphatic heterocycles. The molecule has 0 bridgehead atoms. The average molecular weight is 491 g/mol. The zero-order valence-corrected chi connectivity index (χ0v) is 18.7. The summed E-state index contributed by atoms with van der Waals surface area (Å²) in [5, 5.41) is 3.77. The SMILES string of the molecule is CCS(=O)(=O)c1cc(-c2ccc(F)c(C)c2)cnc1-n1ncc2cc(C(F)(F)F)ccc2c1=O. The highest BCUT2D eigenvalue weighted by Gasteiger charge is 2.31. The molecule has 4 rings (SSSR count). The van der Waals surface area contributed by atoms with Crippen LogP contribution in [0.5, 0.6) is 0 Å². The summed E-state index contributed by atoms with van der Waals surface area (Å²) in [5.74, 6) is -1.00. The lowest BCUT2D eigenvalue weighted by molar-refractivity contribution is -0.137. The largest absolute Gasteiger partial charge is 0.416 e. The molecule has 0 atom stereocenters. The van der Waals surface area contributed by atoms with Gasteiger partial charge in [-0.05, 0) is 54.4 Å². The van der Waals surface area contributed by atoms with Crippen LogP contribution >= 0.6 is 0 Å². The lowest BCUT2D eigenvalue weighted by Crippen LogP contribution is -2.24. The molecule has 0 N–H and O–H groups in total. The van der Waals surface area contributed by atoms with Crippen molar-refractivity contribution in [2.75, 3.05) is 5.75 Å². The number of pyridine rings is 1. The van der Waals surface area contributed by atoms with E-state index in [1.54, 1.807) is 6.92 Å². The first-order valence-corrected chi connectivity index (χ1v) is 11.7. The Morgan fingerprint density at radius 1 is 1.00 bits per heavy atom. The van der Waals surface area contributed by atoms with Gasteiger partial charge in [0.15, 0.2) is 15.7 Å². The molecule has 4 aromatic rings. The van der Waals surface area contributed by atoms with Crippen LogP contribution in [0.15, 0.2) is 64.5 Å². The van der Waals surface area contributed by atoms with Crippen molar-refractivity contribution in [3.05, 3.63) is 82.2 Å². The van der Waals surface area contributed by atoms with E-state index >= 15 is 0 Å². The minimum Gasteiger partial charge on any atom is -0.267 e. The molecule has 0 fully saturated rings. The van der Waals surface area contributed by atoms with E-state index in [-0.39, 0.29) is 27.2 Å². The van der Waals surface area contributed by atoms with Gasteiger partial charge in [-0.25, -0.2) is 17.8 Å². The highest BCUT2D eigenvalue weighted by molar-refractivity contribution is 7.91. The first-order chi connectivity index (χ1) is 15.9. The lowest BCUT2D eigenvalue weighted by atomic mass is 10.1. The van der Waals surface area contributed by atoms with Gasteiger partial charge in [-0.15, -0.1) is 0 Å². The van der Waals surface area contributed by atoms with E-state index in [4.69, 9.17) is 0 Å². The van der Waals surface area contributed by atoms with Crippen LogP contribution < -0.4 is 5.56 Å². The molecule has 0 saturated heterocycles. The highest BCUT2D eigenvalue weighted by Crippen LogP contribution is 2.31. The second-order valence-corrected chi connectivity index (χ2v) is 9.82.